The monoisotopic (exact) mass is 238 g/mol. The second kappa shape index (κ2) is 9.25. The molecule has 0 fully saturated rings. The highest BCUT2D eigenvalue weighted by atomic mass is 16.5. The Morgan fingerprint density at radius 3 is 2.94 bits per heavy atom. The molecular formula is C14H26N2O. The number of unbranched alkanes of at least 4 members (excludes halogenated alkanes) is 3. The van der Waals surface area contributed by atoms with Gasteiger partial charge in [-0.3, -0.25) is 0 Å². The number of ether oxygens (including phenoxy) is 1. The van der Waals surface area contributed by atoms with Crippen LogP contribution in [0.4, 0.5) is 0 Å². The topological polar surface area (TPSA) is 26.2 Å². The van der Waals surface area contributed by atoms with E-state index in [2.05, 4.69) is 35.1 Å². The van der Waals surface area contributed by atoms with Gasteiger partial charge in [0.15, 0.2) is 0 Å². The lowest BCUT2D eigenvalue weighted by atomic mass is 10.2. The molecule has 0 aliphatic carbocycles. The number of rotatable bonds is 10. The molecule has 0 saturated carbocycles. The molecule has 1 aromatic heterocycles. The molecule has 3 heteroatoms. The van der Waals surface area contributed by atoms with Crippen molar-refractivity contribution in [2.75, 3.05) is 20.3 Å². The van der Waals surface area contributed by atoms with Crippen molar-refractivity contribution in [3.8, 4) is 0 Å². The van der Waals surface area contributed by atoms with Crippen molar-refractivity contribution in [3.63, 3.8) is 0 Å². The summed E-state index contributed by atoms with van der Waals surface area (Å²) in [4.78, 5) is 0. The second-order valence-electron chi connectivity index (χ2n) is 4.42. The first-order valence-corrected chi connectivity index (χ1v) is 6.72. The molecule has 0 spiro atoms. The second-order valence-corrected chi connectivity index (χ2v) is 4.42. The predicted molar refractivity (Wildman–Crippen MR) is 72.2 cm³/mol. The van der Waals surface area contributed by atoms with Gasteiger partial charge in [-0.1, -0.05) is 26.2 Å². The fourth-order valence-electron chi connectivity index (χ4n) is 1.93. The summed E-state index contributed by atoms with van der Waals surface area (Å²) in [5.74, 6) is 0. The summed E-state index contributed by atoms with van der Waals surface area (Å²) < 4.78 is 7.37. The average Bonchev–Trinajstić information content (AvgIpc) is 2.78. The van der Waals surface area contributed by atoms with Gasteiger partial charge in [0.25, 0.3) is 0 Å². The number of aromatic nitrogens is 1. The SMILES string of the molecule is CCCCCCn1cccc1CNCCOC. The first-order chi connectivity index (χ1) is 8.38. The highest BCUT2D eigenvalue weighted by Gasteiger charge is 1.99. The van der Waals surface area contributed by atoms with E-state index in [0.717, 1.165) is 26.2 Å². The summed E-state index contributed by atoms with van der Waals surface area (Å²) in [6, 6.07) is 4.33. The van der Waals surface area contributed by atoms with E-state index in [4.69, 9.17) is 4.74 Å². The summed E-state index contributed by atoms with van der Waals surface area (Å²) in [5.41, 5.74) is 1.37. The van der Waals surface area contributed by atoms with Crippen molar-refractivity contribution >= 4 is 0 Å². The minimum absolute atomic E-state index is 0.775. The van der Waals surface area contributed by atoms with E-state index in [-0.39, 0.29) is 0 Å². The Morgan fingerprint density at radius 2 is 2.18 bits per heavy atom. The van der Waals surface area contributed by atoms with Crippen molar-refractivity contribution in [2.24, 2.45) is 0 Å². The number of hydrogen-bond acceptors (Lipinski definition) is 2. The van der Waals surface area contributed by atoms with E-state index in [1.165, 1.54) is 31.4 Å². The molecule has 0 saturated heterocycles. The van der Waals surface area contributed by atoms with E-state index in [1.807, 2.05) is 0 Å². The van der Waals surface area contributed by atoms with Crippen molar-refractivity contribution in [3.05, 3.63) is 24.0 Å². The van der Waals surface area contributed by atoms with Gasteiger partial charge in [-0.25, -0.2) is 0 Å². The average molecular weight is 238 g/mol. The number of aryl methyl sites for hydroxylation is 1. The third kappa shape index (κ3) is 5.89. The van der Waals surface area contributed by atoms with Gasteiger partial charge in [-0.2, -0.15) is 0 Å². The zero-order valence-corrected chi connectivity index (χ0v) is 11.2. The number of methoxy groups -OCH3 is 1. The largest absolute Gasteiger partial charge is 0.383 e. The van der Waals surface area contributed by atoms with Gasteiger partial charge in [0.05, 0.1) is 6.61 Å². The fourth-order valence-corrected chi connectivity index (χ4v) is 1.93. The van der Waals surface area contributed by atoms with Crippen LogP contribution in [0.3, 0.4) is 0 Å². The summed E-state index contributed by atoms with van der Waals surface area (Å²) in [5, 5.41) is 3.38. The molecule has 0 bridgehead atoms. The highest BCUT2D eigenvalue weighted by Crippen LogP contribution is 2.06. The molecule has 1 aromatic rings. The Balaban J connectivity index is 2.22. The van der Waals surface area contributed by atoms with Crippen LogP contribution in [0.5, 0.6) is 0 Å². The molecule has 1 heterocycles. The van der Waals surface area contributed by atoms with Crippen LogP contribution >= 0.6 is 0 Å². The van der Waals surface area contributed by atoms with Gasteiger partial charge in [0.1, 0.15) is 0 Å². The Morgan fingerprint density at radius 1 is 1.29 bits per heavy atom. The Bertz CT molecular complexity index is 257. The molecule has 3 nitrogen and oxygen atoms in total. The lowest BCUT2D eigenvalue weighted by Crippen LogP contribution is -2.20. The normalized spacial score (nSPS) is 10.9. The lowest BCUT2D eigenvalue weighted by molar-refractivity contribution is 0.199. The lowest BCUT2D eigenvalue weighted by Gasteiger charge is -2.10. The van der Waals surface area contributed by atoms with Crippen molar-refractivity contribution < 1.29 is 4.74 Å². The minimum Gasteiger partial charge on any atom is -0.383 e. The van der Waals surface area contributed by atoms with Gasteiger partial charge in [-0.15, -0.1) is 0 Å². The molecule has 0 radical (unpaired) electrons. The van der Waals surface area contributed by atoms with Gasteiger partial charge in [-0.05, 0) is 18.6 Å². The first kappa shape index (κ1) is 14.3. The van der Waals surface area contributed by atoms with Crippen LogP contribution in [0.2, 0.25) is 0 Å². The predicted octanol–water partition coefficient (Wildman–Crippen LogP) is 2.80. The van der Waals surface area contributed by atoms with E-state index >= 15 is 0 Å². The third-order valence-corrected chi connectivity index (χ3v) is 2.97. The highest BCUT2D eigenvalue weighted by molar-refractivity contribution is 5.06. The molecule has 0 unspecified atom stereocenters. The van der Waals surface area contributed by atoms with Gasteiger partial charge < -0.3 is 14.6 Å². The Labute approximate surface area is 105 Å². The third-order valence-electron chi connectivity index (χ3n) is 2.97. The van der Waals surface area contributed by atoms with Crippen LogP contribution in [0, 0.1) is 0 Å². The standard InChI is InChI=1S/C14H26N2O/c1-3-4-5-6-10-16-11-7-8-14(16)13-15-9-12-17-2/h7-8,11,15H,3-6,9-10,12-13H2,1-2H3. The summed E-state index contributed by atoms with van der Waals surface area (Å²) >= 11 is 0. The molecule has 0 aromatic carbocycles. The molecule has 0 aliphatic heterocycles. The van der Waals surface area contributed by atoms with Crippen LogP contribution in [-0.2, 0) is 17.8 Å². The van der Waals surface area contributed by atoms with Crippen LogP contribution in [-0.4, -0.2) is 24.8 Å². The maximum atomic E-state index is 5.01. The number of nitrogens with one attached hydrogen (secondary N) is 1. The van der Waals surface area contributed by atoms with Crippen molar-refractivity contribution in [1.29, 1.82) is 0 Å². The smallest absolute Gasteiger partial charge is 0.0587 e. The zero-order chi connectivity index (χ0) is 12.3. The molecule has 98 valence electrons. The Kier molecular flexibility index (Phi) is 7.76. The molecule has 0 amide bonds. The van der Waals surface area contributed by atoms with E-state index in [0.29, 0.717) is 0 Å². The van der Waals surface area contributed by atoms with Gasteiger partial charge in [0.2, 0.25) is 0 Å². The van der Waals surface area contributed by atoms with E-state index < -0.39 is 0 Å². The summed E-state index contributed by atoms with van der Waals surface area (Å²) in [6.07, 6.45) is 7.46. The van der Waals surface area contributed by atoms with Crippen molar-refractivity contribution in [2.45, 2.75) is 45.7 Å². The van der Waals surface area contributed by atoms with Gasteiger partial charge in [0, 0.05) is 38.6 Å². The summed E-state index contributed by atoms with van der Waals surface area (Å²) in [7, 11) is 1.73. The van der Waals surface area contributed by atoms with Crippen LogP contribution in [0.25, 0.3) is 0 Å². The van der Waals surface area contributed by atoms with E-state index in [9.17, 15) is 0 Å². The minimum atomic E-state index is 0.775. The molecule has 1 rings (SSSR count). The van der Waals surface area contributed by atoms with Crippen molar-refractivity contribution in [1.82, 2.24) is 9.88 Å². The fraction of sp³-hybridized carbons (Fsp3) is 0.714. The summed E-state index contributed by atoms with van der Waals surface area (Å²) in [6.45, 7) is 6.02. The number of hydrogen-bond donors (Lipinski definition) is 1. The van der Waals surface area contributed by atoms with Gasteiger partial charge >= 0.3 is 0 Å². The quantitative estimate of drug-likeness (QED) is 0.634. The molecule has 1 N–H and O–H groups in total. The van der Waals surface area contributed by atoms with E-state index in [1.54, 1.807) is 7.11 Å². The molecular weight excluding hydrogens is 212 g/mol. The van der Waals surface area contributed by atoms with Crippen LogP contribution in [0.15, 0.2) is 18.3 Å². The van der Waals surface area contributed by atoms with Crippen LogP contribution in [0.1, 0.15) is 38.3 Å². The van der Waals surface area contributed by atoms with Crippen LogP contribution < -0.4 is 5.32 Å². The maximum absolute atomic E-state index is 5.01. The maximum Gasteiger partial charge on any atom is 0.0587 e. The molecule has 17 heavy (non-hydrogen) atoms. The zero-order valence-electron chi connectivity index (χ0n) is 11.2. The first-order valence-electron chi connectivity index (χ1n) is 6.72. The molecule has 0 aliphatic rings. The number of nitrogens with zero attached hydrogens (tertiary/aromatic N) is 1. The Hall–Kier alpha value is -0.800. The molecule has 0 atom stereocenters.